The zero-order chi connectivity index (χ0) is 11.1. The zero-order valence-corrected chi connectivity index (χ0v) is 12.1. The van der Waals surface area contributed by atoms with Crippen LogP contribution in [0.1, 0.15) is 6.43 Å². The van der Waals surface area contributed by atoms with Crippen molar-refractivity contribution in [2.24, 2.45) is 0 Å². The Morgan fingerprint density at radius 3 is 2.65 bits per heavy atom. The van der Waals surface area contributed by atoms with Crippen molar-refractivity contribution in [3.8, 4) is 11.3 Å². The van der Waals surface area contributed by atoms with Crippen molar-refractivity contribution >= 4 is 27.9 Å². The lowest BCUT2D eigenvalue weighted by Gasteiger charge is -1.95. The SMILES string of the molecule is Cc1nn2cc(-c3ccc(Cl)cc3)nc2s1.[Br-].[H+]. The van der Waals surface area contributed by atoms with Gasteiger partial charge < -0.3 is 17.0 Å². The third kappa shape index (κ3) is 2.36. The molecule has 0 aliphatic carbocycles. The van der Waals surface area contributed by atoms with E-state index < -0.39 is 0 Å². The van der Waals surface area contributed by atoms with E-state index in [-0.39, 0.29) is 18.4 Å². The van der Waals surface area contributed by atoms with Gasteiger partial charge in [-0.1, -0.05) is 35.1 Å². The largest absolute Gasteiger partial charge is 1.00 e. The maximum atomic E-state index is 5.84. The summed E-state index contributed by atoms with van der Waals surface area (Å²) in [6.45, 7) is 1.97. The molecule has 0 saturated carbocycles. The third-order valence-electron chi connectivity index (χ3n) is 2.28. The van der Waals surface area contributed by atoms with E-state index in [9.17, 15) is 0 Å². The molecule has 0 N–H and O–H groups in total. The summed E-state index contributed by atoms with van der Waals surface area (Å²) in [5.41, 5.74) is 1.98. The molecule has 0 fully saturated rings. The second-order valence-corrected chi connectivity index (χ2v) is 5.08. The Kier molecular flexibility index (Phi) is 3.51. The fourth-order valence-electron chi connectivity index (χ4n) is 1.56. The van der Waals surface area contributed by atoms with E-state index >= 15 is 0 Å². The molecule has 0 aliphatic rings. The number of halogens is 2. The van der Waals surface area contributed by atoms with Gasteiger partial charge in [0.2, 0.25) is 4.96 Å². The quantitative estimate of drug-likeness (QED) is 0.652. The van der Waals surface area contributed by atoms with Gasteiger partial charge in [0.05, 0.1) is 11.9 Å². The molecule has 0 bridgehead atoms. The summed E-state index contributed by atoms with van der Waals surface area (Å²) in [6.07, 6.45) is 1.93. The van der Waals surface area contributed by atoms with Crippen LogP contribution in [0, 0.1) is 6.92 Å². The average molecular weight is 331 g/mol. The van der Waals surface area contributed by atoms with Crippen LogP contribution >= 0.6 is 22.9 Å². The van der Waals surface area contributed by atoms with Gasteiger partial charge in [0.15, 0.2) is 0 Å². The second kappa shape index (κ2) is 4.76. The number of aromatic nitrogens is 3. The molecule has 0 aliphatic heterocycles. The molecule has 0 unspecified atom stereocenters. The number of aryl methyl sites for hydroxylation is 1. The number of imidazole rings is 1. The molecule has 1 aromatic carbocycles. The van der Waals surface area contributed by atoms with Crippen molar-refractivity contribution in [1.29, 1.82) is 0 Å². The number of hydrogen-bond donors (Lipinski definition) is 0. The van der Waals surface area contributed by atoms with E-state index in [1.54, 1.807) is 11.3 Å². The smallest absolute Gasteiger partial charge is 1.00 e. The molecule has 0 spiro atoms. The molecule has 3 nitrogen and oxygen atoms in total. The summed E-state index contributed by atoms with van der Waals surface area (Å²) in [6, 6.07) is 7.65. The van der Waals surface area contributed by atoms with Crippen LogP contribution in [-0.4, -0.2) is 14.6 Å². The minimum atomic E-state index is 0. The molecule has 0 radical (unpaired) electrons. The molecule has 17 heavy (non-hydrogen) atoms. The lowest BCUT2D eigenvalue weighted by Crippen LogP contribution is -3.00. The molecule has 3 aromatic rings. The van der Waals surface area contributed by atoms with Crippen molar-refractivity contribution in [1.82, 2.24) is 14.6 Å². The van der Waals surface area contributed by atoms with Crippen LogP contribution in [0.15, 0.2) is 30.5 Å². The van der Waals surface area contributed by atoms with Crippen LogP contribution in [-0.2, 0) is 0 Å². The Morgan fingerprint density at radius 2 is 2.00 bits per heavy atom. The van der Waals surface area contributed by atoms with Gasteiger partial charge >= 0.3 is 1.43 Å². The van der Waals surface area contributed by atoms with E-state index in [1.807, 2.05) is 41.9 Å². The van der Waals surface area contributed by atoms with Crippen molar-refractivity contribution in [3.05, 3.63) is 40.5 Å². The van der Waals surface area contributed by atoms with Crippen molar-refractivity contribution in [3.63, 3.8) is 0 Å². The first-order valence-corrected chi connectivity index (χ1v) is 6.00. The Balaban J connectivity index is 0.000000810. The fraction of sp³-hybridized carbons (Fsp3) is 0.0909. The summed E-state index contributed by atoms with van der Waals surface area (Å²) in [5.74, 6) is 0. The first-order valence-electron chi connectivity index (χ1n) is 4.81. The Hall–Kier alpha value is -0.910. The van der Waals surface area contributed by atoms with Gasteiger partial charge in [0.25, 0.3) is 0 Å². The minimum Gasteiger partial charge on any atom is -1.00 e. The standard InChI is InChI=1S/C11H8ClN3S.BrH/c1-7-14-15-6-10(13-11(15)16-7)8-2-4-9(12)5-3-8;/h2-6H,1H3;1H. The topological polar surface area (TPSA) is 30.2 Å². The summed E-state index contributed by atoms with van der Waals surface area (Å²) in [5, 5.41) is 6.08. The van der Waals surface area contributed by atoms with Gasteiger partial charge in [0, 0.05) is 10.6 Å². The molecule has 0 amide bonds. The Labute approximate surface area is 119 Å². The van der Waals surface area contributed by atoms with E-state index in [1.165, 1.54) is 0 Å². The summed E-state index contributed by atoms with van der Waals surface area (Å²) >= 11 is 7.43. The molecular formula is C11H9BrClN3S. The van der Waals surface area contributed by atoms with Gasteiger partial charge in [-0.05, 0) is 19.1 Å². The van der Waals surface area contributed by atoms with Crippen molar-refractivity contribution in [2.75, 3.05) is 0 Å². The normalized spacial score (nSPS) is 10.5. The summed E-state index contributed by atoms with van der Waals surface area (Å²) in [7, 11) is 0. The molecule has 2 heterocycles. The monoisotopic (exact) mass is 329 g/mol. The first kappa shape index (κ1) is 12.5. The lowest BCUT2D eigenvalue weighted by atomic mass is 10.2. The number of nitrogens with zero attached hydrogens (tertiary/aromatic N) is 3. The highest BCUT2D eigenvalue weighted by molar-refractivity contribution is 7.16. The highest BCUT2D eigenvalue weighted by Gasteiger charge is 2.07. The van der Waals surface area contributed by atoms with E-state index in [0.717, 1.165) is 26.2 Å². The second-order valence-electron chi connectivity index (χ2n) is 3.48. The van der Waals surface area contributed by atoms with Gasteiger partial charge in [-0.2, -0.15) is 5.10 Å². The predicted octanol–water partition coefficient (Wildman–Crippen LogP) is 0.536. The van der Waals surface area contributed by atoms with Crippen LogP contribution in [0.3, 0.4) is 0 Å². The van der Waals surface area contributed by atoms with E-state index in [4.69, 9.17) is 11.6 Å². The van der Waals surface area contributed by atoms with E-state index in [0.29, 0.717) is 0 Å². The van der Waals surface area contributed by atoms with Gasteiger partial charge in [0.1, 0.15) is 5.01 Å². The molecular weight excluding hydrogens is 322 g/mol. The first-order chi connectivity index (χ1) is 7.72. The number of benzene rings is 1. The molecule has 2 aromatic heterocycles. The van der Waals surface area contributed by atoms with Crippen LogP contribution in [0.5, 0.6) is 0 Å². The fourth-order valence-corrected chi connectivity index (χ4v) is 2.41. The number of fused-ring (bicyclic) bond motifs is 1. The number of hydrogen-bond acceptors (Lipinski definition) is 3. The molecule has 0 saturated heterocycles. The van der Waals surface area contributed by atoms with Crippen LogP contribution < -0.4 is 17.0 Å². The van der Waals surface area contributed by atoms with Crippen LogP contribution in [0.2, 0.25) is 5.02 Å². The van der Waals surface area contributed by atoms with E-state index in [2.05, 4.69) is 10.1 Å². The molecule has 3 rings (SSSR count). The van der Waals surface area contributed by atoms with Crippen LogP contribution in [0.25, 0.3) is 16.2 Å². The van der Waals surface area contributed by atoms with Gasteiger partial charge in [-0.25, -0.2) is 9.50 Å². The average Bonchev–Trinajstić information content (AvgIpc) is 2.75. The Morgan fingerprint density at radius 1 is 1.29 bits per heavy atom. The maximum absolute atomic E-state index is 5.84. The van der Waals surface area contributed by atoms with Crippen LogP contribution in [0.4, 0.5) is 0 Å². The van der Waals surface area contributed by atoms with Crippen molar-refractivity contribution < 1.29 is 18.4 Å². The molecule has 6 heteroatoms. The van der Waals surface area contributed by atoms with Gasteiger partial charge in [-0.15, -0.1) is 0 Å². The van der Waals surface area contributed by atoms with Crippen molar-refractivity contribution in [2.45, 2.75) is 6.92 Å². The highest BCUT2D eigenvalue weighted by Crippen LogP contribution is 2.23. The summed E-state index contributed by atoms with van der Waals surface area (Å²) in [4.78, 5) is 5.43. The summed E-state index contributed by atoms with van der Waals surface area (Å²) < 4.78 is 1.81. The number of rotatable bonds is 1. The minimum absolute atomic E-state index is 0. The highest BCUT2D eigenvalue weighted by atomic mass is 79.9. The van der Waals surface area contributed by atoms with Gasteiger partial charge in [-0.3, -0.25) is 0 Å². The Bertz CT molecular complexity index is 618. The predicted molar refractivity (Wildman–Crippen MR) is 67.2 cm³/mol. The molecule has 88 valence electrons. The lowest BCUT2D eigenvalue weighted by molar-refractivity contribution is -0.00000320. The maximum Gasteiger partial charge on any atom is 1.00 e. The zero-order valence-electron chi connectivity index (χ0n) is 9.89. The molecule has 0 atom stereocenters. The third-order valence-corrected chi connectivity index (χ3v) is 3.37.